The highest BCUT2D eigenvalue weighted by Crippen LogP contribution is 2.46. The molecule has 3 rings (SSSR count). The first kappa shape index (κ1) is 13.6. The van der Waals surface area contributed by atoms with Crippen LogP contribution in [0.2, 0.25) is 0 Å². The lowest BCUT2D eigenvalue weighted by Crippen LogP contribution is -2.49. The molecule has 1 saturated heterocycles. The number of ether oxygens (including phenoxy) is 1. The number of hydrogen-bond acceptors (Lipinski definition) is 4. The zero-order chi connectivity index (χ0) is 14.0. The first-order valence-electron chi connectivity index (χ1n) is 7.26. The maximum absolute atomic E-state index is 12.0. The lowest BCUT2D eigenvalue weighted by Gasteiger charge is -2.24. The van der Waals surface area contributed by atoms with E-state index in [-0.39, 0.29) is 17.4 Å². The Morgan fingerprint density at radius 3 is 3.10 bits per heavy atom. The number of imidazole rings is 1. The number of morpholine rings is 1. The van der Waals surface area contributed by atoms with E-state index >= 15 is 0 Å². The lowest BCUT2D eigenvalue weighted by molar-refractivity contribution is -0.134. The lowest BCUT2D eigenvalue weighted by atomic mass is 10.1. The van der Waals surface area contributed by atoms with Crippen LogP contribution in [0, 0.1) is 12.3 Å². The van der Waals surface area contributed by atoms with Crippen molar-refractivity contribution in [1.29, 1.82) is 0 Å². The smallest absolute Gasteiger partial charge is 0.250 e. The van der Waals surface area contributed by atoms with Crippen LogP contribution in [0.5, 0.6) is 0 Å². The van der Waals surface area contributed by atoms with Gasteiger partial charge >= 0.3 is 0 Å². The van der Waals surface area contributed by atoms with Crippen molar-refractivity contribution in [3.05, 3.63) is 18.2 Å². The van der Waals surface area contributed by atoms with Crippen molar-refractivity contribution < 1.29 is 9.53 Å². The molecule has 1 amide bonds. The fourth-order valence-electron chi connectivity index (χ4n) is 2.62. The summed E-state index contributed by atoms with van der Waals surface area (Å²) in [5, 5.41) is 6.22. The van der Waals surface area contributed by atoms with Crippen molar-refractivity contribution in [3.63, 3.8) is 0 Å². The average molecular weight is 278 g/mol. The average Bonchev–Trinajstić information content (AvgIpc) is 3.13. The SMILES string of the molecule is Cc1nccn1CC1(CNC(=O)C2CNCCO2)CC1. The maximum Gasteiger partial charge on any atom is 0.250 e. The Labute approximate surface area is 118 Å². The van der Waals surface area contributed by atoms with E-state index in [9.17, 15) is 4.79 Å². The largest absolute Gasteiger partial charge is 0.366 e. The van der Waals surface area contributed by atoms with Gasteiger partial charge in [0.15, 0.2) is 0 Å². The molecule has 2 N–H and O–H groups in total. The third-order valence-corrected chi connectivity index (χ3v) is 4.24. The van der Waals surface area contributed by atoms with Crippen molar-refractivity contribution in [2.45, 2.75) is 32.4 Å². The molecule has 20 heavy (non-hydrogen) atoms. The second-order valence-corrected chi connectivity index (χ2v) is 5.88. The quantitative estimate of drug-likeness (QED) is 0.800. The normalized spacial score (nSPS) is 24.4. The van der Waals surface area contributed by atoms with Gasteiger partial charge in [-0.1, -0.05) is 0 Å². The molecule has 1 aromatic heterocycles. The molecule has 6 heteroatoms. The Bertz CT molecular complexity index is 475. The number of rotatable bonds is 5. The van der Waals surface area contributed by atoms with Crippen LogP contribution in [0.3, 0.4) is 0 Å². The molecule has 0 spiro atoms. The topological polar surface area (TPSA) is 68.2 Å². The summed E-state index contributed by atoms with van der Waals surface area (Å²) in [5.41, 5.74) is 0.212. The van der Waals surface area contributed by atoms with E-state index in [2.05, 4.69) is 20.2 Å². The molecular weight excluding hydrogens is 256 g/mol. The Morgan fingerprint density at radius 2 is 2.50 bits per heavy atom. The number of carbonyl (C=O) groups is 1. The second kappa shape index (κ2) is 5.54. The molecule has 2 heterocycles. The summed E-state index contributed by atoms with van der Waals surface area (Å²) in [4.78, 5) is 16.3. The fourth-order valence-corrected chi connectivity index (χ4v) is 2.62. The number of hydrogen-bond donors (Lipinski definition) is 2. The number of aromatic nitrogens is 2. The van der Waals surface area contributed by atoms with Crippen LogP contribution in [0.25, 0.3) is 0 Å². The minimum absolute atomic E-state index is 0.00540. The van der Waals surface area contributed by atoms with Gasteiger partial charge in [-0.3, -0.25) is 4.79 Å². The van der Waals surface area contributed by atoms with Gasteiger partial charge in [0, 0.05) is 44.0 Å². The van der Waals surface area contributed by atoms with Gasteiger partial charge in [0.2, 0.25) is 5.91 Å². The van der Waals surface area contributed by atoms with E-state index in [1.54, 1.807) is 0 Å². The summed E-state index contributed by atoms with van der Waals surface area (Å²) >= 11 is 0. The maximum atomic E-state index is 12.0. The van der Waals surface area contributed by atoms with Crippen molar-refractivity contribution in [1.82, 2.24) is 20.2 Å². The highest BCUT2D eigenvalue weighted by atomic mass is 16.5. The Balaban J connectivity index is 1.50. The van der Waals surface area contributed by atoms with Crippen molar-refractivity contribution in [3.8, 4) is 0 Å². The van der Waals surface area contributed by atoms with Gasteiger partial charge in [0.05, 0.1) is 6.61 Å². The van der Waals surface area contributed by atoms with Crippen LogP contribution in [-0.2, 0) is 16.1 Å². The van der Waals surface area contributed by atoms with E-state index in [1.807, 2.05) is 19.3 Å². The van der Waals surface area contributed by atoms with Gasteiger partial charge in [0.1, 0.15) is 11.9 Å². The molecule has 1 atom stereocenters. The fraction of sp³-hybridized carbons (Fsp3) is 0.714. The molecule has 110 valence electrons. The minimum atomic E-state index is -0.338. The number of nitrogens with zero attached hydrogens (tertiary/aromatic N) is 2. The number of aryl methyl sites for hydroxylation is 1. The molecule has 6 nitrogen and oxygen atoms in total. The van der Waals surface area contributed by atoms with E-state index < -0.39 is 0 Å². The molecule has 1 aliphatic heterocycles. The van der Waals surface area contributed by atoms with Crippen LogP contribution in [-0.4, -0.2) is 47.8 Å². The third-order valence-electron chi connectivity index (χ3n) is 4.24. The van der Waals surface area contributed by atoms with Crippen LogP contribution < -0.4 is 10.6 Å². The van der Waals surface area contributed by atoms with Crippen molar-refractivity contribution >= 4 is 5.91 Å². The zero-order valence-corrected chi connectivity index (χ0v) is 11.9. The summed E-state index contributed by atoms with van der Waals surface area (Å²) in [6, 6.07) is 0. The van der Waals surface area contributed by atoms with Crippen LogP contribution in [0.15, 0.2) is 12.4 Å². The molecule has 1 saturated carbocycles. The van der Waals surface area contributed by atoms with E-state index in [0.29, 0.717) is 13.2 Å². The number of carbonyl (C=O) groups excluding carboxylic acids is 1. The number of nitrogens with one attached hydrogen (secondary N) is 2. The standard InChI is InChI=1S/C14H22N4O2/c1-11-16-4-6-18(11)10-14(2-3-14)9-17-13(19)12-8-15-5-7-20-12/h4,6,12,15H,2-3,5,7-10H2,1H3,(H,17,19). The summed E-state index contributed by atoms with van der Waals surface area (Å²) in [6.45, 7) is 5.72. The highest BCUT2D eigenvalue weighted by Gasteiger charge is 2.43. The highest BCUT2D eigenvalue weighted by molar-refractivity contribution is 5.81. The van der Waals surface area contributed by atoms with Crippen LogP contribution in [0.4, 0.5) is 0 Å². The molecule has 0 aromatic carbocycles. The van der Waals surface area contributed by atoms with Crippen LogP contribution in [0.1, 0.15) is 18.7 Å². The summed E-state index contributed by atoms with van der Waals surface area (Å²) < 4.78 is 7.63. The molecular formula is C14H22N4O2. The van der Waals surface area contributed by atoms with Crippen molar-refractivity contribution in [2.75, 3.05) is 26.2 Å². The molecule has 1 aliphatic carbocycles. The predicted molar refractivity (Wildman–Crippen MR) is 74.3 cm³/mol. The Hall–Kier alpha value is -1.40. The Kier molecular flexibility index (Phi) is 3.76. The van der Waals surface area contributed by atoms with Gasteiger partial charge in [-0.2, -0.15) is 0 Å². The monoisotopic (exact) mass is 278 g/mol. The van der Waals surface area contributed by atoms with Crippen LogP contribution >= 0.6 is 0 Å². The molecule has 1 unspecified atom stereocenters. The first-order valence-corrected chi connectivity index (χ1v) is 7.26. The molecule has 2 aliphatic rings. The predicted octanol–water partition coefficient (Wildman–Crippen LogP) is 0.0763. The Morgan fingerprint density at radius 1 is 1.65 bits per heavy atom. The van der Waals surface area contributed by atoms with E-state index in [1.165, 1.54) is 0 Å². The van der Waals surface area contributed by atoms with Gasteiger partial charge in [0.25, 0.3) is 0 Å². The van der Waals surface area contributed by atoms with Gasteiger partial charge in [-0.15, -0.1) is 0 Å². The molecule has 0 bridgehead atoms. The van der Waals surface area contributed by atoms with E-state index in [4.69, 9.17) is 4.74 Å². The van der Waals surface area contributed by atoms with Crippen molar-refractivity contribution in [2.24, 2.45) is 5.41 Å². The first-order chi connectivity index (χ1) is 9.69. The minimum Gasteiger partial charge on any atom is -0.366 e. The summed E-state index contributed by atoms with van der Waals surface area (Å²) in [7, 11) is 0. The van der Waals surface area contributed by atoms with E-state index in [0.717, 1.165) is 38.3 Å². The summed E-state index contributed by atoms with van der Waals surface area (Å²) in [5.74, 6) is 1.04. The van der Waals surface area contributed by atoms with Gasteiger partial charge in [-0.25, -0.2) is 4.98 Å². The van der Waals surface area contributed by atoms with Gasteiger partial charge in [-0.05, 0) is 19.8 Å². The van der Waals surface area contributed by atoms with Gasteiger partial charge < -0.3 is 19.9 Å². The zero-order valence-electron chi connectivity index (χ0n) is 11.9. The number of amides is 1. The summed E-state index contributed by atoms with van der Waals surface area (Å²) in [6.07, 6.45) is 5.81. The molecule has 0 radical (unpaired) electrons. The molecule has 1 aromatic rings. The molecule has 2 fully saturated rings. The second-order valence-electron chi connectivity index (χ2n) is 5.88. The third kappa shape index (κ3) is 3.02.